The first-order valence-corrected chi connectivity index (χ1v) is 10.9. The van der Waals surface area contributed by atoms with Crippen molar-refractivity contribution in [3.63, 3.8) is 0 Å². The molecule has 0 aliphatic heterocycles. The molecule has 0 aromatic heterocycles. The molecule has 0 radical (unpaired) electrons. The molecule has 3 aromatic rings. The molecule has 0 unspecified atom stereocenters. The fourth-order valence-corrected chi connectivity index (χ4v) is 3.24. The number of carbonyl (C=O) groups excluding carboxylic acids is 2. The average Bonchev–Trinajstić information content (AvgIpc) is 2.75. The van der Waals surface area contributed by atoms with Crippen molar-refractivity contribution in [3.05, 3.63) is 91.8 Å². The summed E-state index contributed by atoms with van der Waals surface area (Å²) in [4.78, 5) is 24.4. The predicted octanol–water partition coefficient (Wildman–Crippen LogP) is 5.61. The smallest absolute Gasteiger partial charge is 0.345 e. The van der Waals surface area contributed by atoms with Crippen molar-refractivity contribution < 1.29 is 19.1 Å². The van der Waals surface area contributed by atoms with Gasteiger partial charge < -0.3 is 9.47 Å². The third kappa shape index (κ3) is 6.92. The maximum absolute atomic E-state index is 12.4. The molecular weight excluding hydrogens is 552 g/mol. The van der Waals surface area contributed by atoms with E-state index >= 15 is 0 Å². The van der Waals surface area contributed by atoms with E-state index in [2.05, 4.69) is 42.4 Å². The standard InChI is InChI=1S/C22H15Br2ClN2O4/c23-15-5-8-17(9-6-15)30-13-21(28)27-26-12-14-11-16(24)7-10-20(14)31-22(29)18-3-1-2-4-19(18)25/h1-12H,13H2,(H,27,28)/b26-12-. The fourth-order valence-electron chi connectivity index (χ4n) is 2.38. The average molecular weight is 567 g/mol. The van der Waals surface area contributed by atoms with Gasteiger partial charge in [-0.3, -0.25) is 4.79 Å². The lowest BCUT2D eigenvalue weighted by atomic mass is 10.2. The number of ether oxygens (including phenoxy) is 2. The van der Waals surface area contributed by atoms with Gasteiger partial charge in [-0.25, -0.2) is 10.2 Å². The molecule has 1 N–H and O–H groups in total. The molecule has 0 aliphatic carbocycles. The Hall–Kier alpha value is -2.68. The van der Waals surface area contributed by atoms with Gasteiger partial charge in [-0.2, -0.15) is 5.10 Å². The molecule has 1 amide bonds. The van der Waals surface area contributed by atoms with E-state index in [4.69, 9.17) is 21.1 Å². The van der Waals surface area contributed by atoms with E-state index in [1.807, 2.05) is 12.1 Å². The van der Waals surface area contributed by atoms with E-state index < -0.39 is 11.9 Å². The lowest BCUT2D eigenvalue weighted by molar-refractivity contribution is -0.123. The van der Waals surface area contributed by atoms with Gasteiger partial charge in [0.1, 0.15) is 11.5 Å². The van der Waals surface area contributed by atoms with Crippen LogP contribution in [0.2, 0.25) is 5.02 Å². The topological polar surface area (TPSA) is 77.0 Å². The van der Waals surface area contributed by atoms with Gasteiger partial charge in [-0.1, -0.05) is 55.6 Å². The number of hydrogen-bond acceptors (Lipinski definition) is 5. The van der Waals surface area contributed by atoms with Crippen LogP contribution in [0.4, 0.5) is 0 Å². The molecule has 31 heavy (non-hydrogen) atoms. The first kappa shape index (κ1) is 23.0. The Balaban J connectivity index is 1.62. The highest BCUT2D eigenvalue weighted by atomic mass is 79.9. The highest BCUT2D eigenvalue weighted by Gasteiger charge is 2.14. The number of nitrogens with one attached hydrogen (secondary N) is 1. The van der Waals surface area contributed by atoms with Crippen LogP contribution in [-0.4, -0.2) is 24.7 Å². The summed E-state index contributed by atoms with van der Waals surface area (Å²) in [6, 6.07) is 18.7. The van der Waals surface area contributed by atoms with Crippen LogP contribution in [0.1, 0.15) is 15.9 Å². The summed E-state index contributed by atoms with van der Waals surface area (Å²) in [5.41, 5.74) is 3.09. The van der Waals surface area contributed by atoms with Gasteiger partial charge in [0.05, 0.1) is 16.8 Å². The van der Waals surface area contributed by atoms with Gasteiger partial charge in [-0.05, 0) is 54.6 Å². The van der Waals surface area contributed by atoms with Crippen LogP contribution >= 0.6 is 43.5 Å². The molecule has 158 valence electrons. The van der Waals surface area contributed by atoms with Crippen LogP contribution in [0.25, 0.3) is 0 Å². The van der Waals surface area contributed by atoms with E-state index in [9.17, 15) is 9.59 Å². The Morgan fingerprint density at radius 3 is 2.45 bits per heavy atom. The molecule has 0 heterocycles. The first-order chi connectivity index (χ1) is 14.9. The quantitative estimate of drug-likeness (QED) is 0.175. The predicted molar refractivity (Wildman–Crippen MR) is 126 cm³/mol. The van der Waals surface area contributed by atoms with E-state index in [0.717, 1.165) is 8.95 Å². The molecule has 0 spiro atoms. The lowest BCUT2D eigenvalue weighted by Crippen LogP contribution is -2.24. The van der Waals surface area contributed by atoms with Crippen LogP contribution in [0.15, 0.2) is 80.8 Å². The Kier molecular flexibility index (Phi) is 8.22. The van der Waals surface area contributed by atoms with Gasteiger partial charge >= 0.3 is 5.97 Å². The minimum atomic E-state index is -0.602. The molecule has 0 saturated carbocycles. The molecule has 0 aliphatic rings. The first-order valence-electron chi connectivity index (χ1n) is 8.89. The zero-order valence-corrected chi connectivity index (χ0v) is 19.8. The summed E-state index contributed by atoms with van der Waals surface area (Å²) in [7, 11) is 0. The van der Waals surface area contributed by atoms with Crippen molar-refractivity contribution in [3.8, 4) is 11.5 Å². The summed E-state index contributed by atoms with van der Waals surface area (Å²) in [5.74, 6) is -0.224. The zero-order chi connectivity index (χ0) is 22.2. The van der Waals surface area contributed by atoms with Crippen molar-refractivity contribution >= 4 is 61.6 Å². The van der Waals surface area contributed by atoms with Crippen molar-refractivity contribution in [1.29, 1.82) is 0 Å². The number of hydrazone groups is 1. The van der Waals surface area contributed by atoms with E-state index in [1.54, 1.807) is 54.6 Å². The van der Waals surface area contributed by atoms with E-state index in [0.29, 0.717) is 11.3 Å². The highest BCUT2D eigenvalue weighted by molar-refractivity contribution is 9.10. The van der Waals surface area contributed by atoms with Crippen molar-refractivity contribution in [1.82, 2.24) is 5.43 Å². The number of halogens is 3. The largest absolute Gasteiger partial charge is 0.484 e. The minimum Gasteiger partial charge on any atom is -0.484 e. The number of carbonyl (C=O) groups is 2. The Morgan fingerprint density at radius 1 is 1.00 bits per heavy atom. The molecule has 0 atom stereocenters. The lowest BCUT2D eigenvalue weighted by Gasteiger charge is -2.09. The van der Waals surface area contributed by atoms with Gasteiger partial charge in [-0.15, -0.1) is 0 Å². The van der Waals surface area contributed by atoms with E-state index in [-0.39, 0.29) is 22.9 Å². The number of amides is 1. The van der Waals surface area contributed by atoms with Crippen LogP contribution < -0.4 is 14.9 Å². The minimum absolute atomic E-state index is 0.203. The summed E-state index contributed by atoms with van der Waals surface area (Å²) >= 11 is 12.7. The zero-order valence-electron chi connectivity index (χ0n) is 15.8. The van der Waals surface area contributed by atoms with Gasteiger partial charge in [0, 0.05) is 14.5 Å². The molecular formula is C22H15Br2ClN2O4. The van der Waals surface area contributed by atoms with Gasteiger partial charge in [0.2, 0.25) is 0 Å². The number of rotatable bonds is 7. The van der Waals surface area contributed by atoms with Gasteiger partial charge in [0.25, 0.3) is 5.91 Å². The third-order valence-corrected chi connectivity index (χ3v) is 5.20. The number of hydrogen-bond donors (Lipinski definition) is 1. The Morgan fingerprint density at radius 2 is 1.71 bits per heavy atom. The normalized spacial score (nSPS) is 10.7. The van der Waals surface area contributed by atoms with E-state index in [1.165, 1.54) is 6.21 Å². The monoisotopic (exact) mass is 564 g/mol. The van der Waals surface area contributed by atoms with Crippen LogP contribution in [-0.2, 0) is 4.79 Å². The third-order valence-electron chi connectivity index (χ3n) is 3.84. The second-order valence-corrected chi connectivity index (χ2v) is 8.33. The number of nitrogens with zero attached hydrogens (tertiary/aromatic N) is 1. The molecule has 0 fully saturated rings. The number of esters is 1. The molecule has 9 heteroatoms. The van der Waals surface area contributed by atoms with Crippen molar-refractivity contribution in [2.24, 2.45) is 5.10 Å². The van der Waals surface area contributed by atoms with Crippen molar-refractivity contribution in [2.75, 3.05) is 6.61 Å². The summed E-state index contributed by atoms with van der Waals surface area (Å²) in [6.07, 6.45) is 1.37. The van der Waals surface area contributed by atoms with Crippen molar-refractivity contribution in [2.45, 2.75) is 0 Å². The molecule has 0 bridgehead atoms. The second kappa shape index (κ2) is 11.1. The van der Waals surface area contributed by atoms with Crippen LogP contribution in [0, 0.1) is 0 Å². The fraction of sp³-hybridized carbons (Fsp3) is 0.0455. The van der Waals surface area contributed by atoms with Crippen LogP contribution in [0.5, 0.6) is 11.5 Å². The second-order valence-electron chi connectivity index (χ2n) is 6.09. The van der Waals surface area contributed by atoms with Crippen LogP contribution in [0.3, 0.4) is 0 Å². The SMILES string of the molecule is O=C(COc1ccc(Br)cc1)N/N=C\c1cc(Br)ccc1OC(=O)c1ccccc1Cl. The summed E-state index contributed by atoms with van der Waals surface area (Å²) in [5, 5.41) is 4.21. The van der Waals surface area contributed by atoms with Gasteiger partial charge in [0.15, 0.2) is 6.61 Å². The maximum Gasteiger partial charge on any atom is 0.345 e. The highest BCUT2D eigenvalue weighted by Crippen LogP contribution is 2.24. The molecule has 6 nitrogen and oxygen atoms in total. The molecule has 0 saturated heterocycles. The summed E-state index contributed by atoms with van der Waals surface area (Å²) < 4.78 is 12.5. The maximum atomic E-state index is 12.4. The number of benzene rings is 3. The summed E-state index contributed by atoms with van der Waals surface area (Å²) in [6.45, 7) is -0.203. The molecule has 3 aromatic carbocycles. The Labute approximate surface area is 200 Å². The molecule has 3 rings (SSSR count). The Bertz CT molecular complexity index is 1120.